The smallest absolute Gasteiger partial charge is 0.253 e. The Kier molecular flexibility index (Phi) is 6.53. The lowest BCUT2D eigenvalue weighted by molar-refractivity contribution is 0.0938. The van der Waals surface area contributed by atoms with E-state index in [1.165, 1.54) is 10.6 Å². The first-order valence-electron chi connectivity index (χ1n) is 9.16. The van der Waals surface area contributed by atoms with E-state index >= 15 is 0 Å². The van der Waals surface area contributed by atoms with Gasteiger partial charge in [-0.3, -0.25) is 9.59 Å². The molecule has 7 heteroatoms. The molecule has 1 saturated heterocycles. The van der Waals surface area contributed by atoms with Crippen molar-refractivity contribution in [2.24, 2.45) is 0 Å². The van der Waals surface area contributed by atoms with Crippen molar-refractivity contribution in [2.75, 3.05) is 31.2 Å². The maximum absolute atomic E-state index is 12.6. The van der Waals surface area contributed by atoms with Crippen molar-refractivity contribution in [3.05, 3.63) is 63.5 Å². The maximum Gasteiger partial charge on any atom is 0.253 e. The Balaban J connectivity index is 1.60. The number of carbonyl (C=O) groups excluding carboxylic acids is 1. The fourth-order valence-corrected chi connectivity index (χ4v) is 3.31. The Bertz CT molecular complexity index is 835. The van der Waals surface area contributed by atoms with Gasteiger partial charge in [-0.1, -0.05) is 11.6 Å². The molecule has 0 radical (unpaired) electrons. The van der Waals surface area contributed by atoms with Gasteiger partial charge >= 0.3 is 0 Å². The highest BCUT2D eigenvalue weighted by molar-refractivity contribution is 6.30. The van der Waals surface area contributed by atoms with Gasteiger partial charge in [-0.25, -0.2) is 0 Å². The SMILES string of the molecule is CCOCCn1cc(C(=O)N[C@@H]2CCN(c3ccc(Cl)cc3)C2)ccc1=O. The highest BCUT2D eigenvalue weighted by atomic mass is 35.5. The van der Waals surface area contributed by atoms with Crippen molar-refractivity contribution in [3.8, 4) is 0 Å². The minimum Gasteiger partial charge on any atom is -0.380 e. The number of aromatic nitrogens is 1. The standard InChI is InChI=1S/C20H24ClN3O3/c1-2-27-12-11-24-13-15(3-8-19(24)25)20(26)22-17-9-10-23(14-17)18-6-4-16(21)5-7-18/h3-8,13,17H,2,9-12,14H2,1H3,(H,22,26)/t17-/m1/s1. The number of carbonyl (C=O) groups is 1. The van der Waals surface area contributed by atoms with Crippen molar-refractivity contribution in [3.63, 3.8) is 0 Å². The quantitative estimate of drug-likeness (QED) is 0.739. The molecule has 1 fully saturated rings. The van der Waals surface area contributed by atoms with Crippen molar-refractivity contribution < 1.29 is 9.53 Å². The normalized spacial score (nSPS) is 16.5. The van der Waals surface area contributed by atoms with Crippen LogP contribution in [0.25, 0.3) is 0 Å². The number of rotatable bonds is 7. The minimum absolute atomic E-state index is 0.0666. The number of hydrogen-bond acceptors (Lipinski definition) is 4. The predicted molar refractivity (Wildman–Crippen MR) is 107 cm³/mol. The summed E-state index contributed by atoms with van der Waals surface area (Å²) in [6.07, 6.45) is 2.47. The molecule has 1 aliphatic rings. The molecule has 0 unspecified atom stereocenters. The van der Waals surface area contributed by atoms with Crippen LogP contribution in [0.4, 0.5) is 5.69 Å². The summed E-state index contributed by atoms with van der Waals surface area (Å²) in [6, 6.07) is 10.8. The molecule has 1 aromatic carbocycles. The van der Waals surface area contributed by atoms with Gasteiger partial charge in [0, 0.05) is 55.3 Å². The van der Waals surface area contributed by atoms with Crippen molar-refractivity contribution in [1.29, 1.82) is 0 Å². The Morgan fingerprint density at radius 1 is 1.26 bits per heavy atom. The van der Waals surface area contributed by atoms with Crippen molar-refractivity contribution in [1.82, 2.24) is 9.88 Å². The highest BCUT2D eigenvalue weighted by Gasteiger charge is 2.24. The summed E-state index contributed by atoms with van der Waals surface area (Å²) >= 11 is 5.94. The molecule has 1 amide bonds. The number of pyridine rings is 1. The van der Waals surface area contributed by atoms with Crippen LogP contribution in [0.5, 0.6) is 0 Å². The molecular weight excluding hydrogens is 366 g/mol. The zero-order chi connectivity index (χ0) is 19.2. The average Bonchev–Trinajstić information content (AvgIpc) is 3.12. The summed E-state index contributed by atoms with van der Waals surface area (Å²) in [5.74, 6) is -0.164. The van der Waals surface area contributed by atoms with Crippen molar-refractivity contribution in [2.45, 2.75) is 25.9 Å². The molecule has 1 aromatic heterocycles. The lowest BCUT2D eigenvalue weighted by Gasteiger charge is -2.19. The first kappa shape index (κ1) is 19.5. The molecule has 1 aliphatic heterocycles. The Morgan fingerprint density at radius 3 is 2.78 bits per heavy atom. The minimum atomic E-state index is -0.164. The van der Waals surface area contributed by atoms with Crippen LogP contribution < -0.4 is 15.8 Å². The van der Waals surface area contributed by atoms with Gasteiger partial charge in [-0.15, -0.1) is 0 Å². The molecule has 1 N–H and O–H groups in total. The van der Waals surface area contributed by atoms with Crippen LogP contribution in [0.15, 0.2) is 47.4 Å². The maximum atomic E-state index is 12.6. The number of ether oxygens (including phenoxy) is 1. The van der Waals surface area contributed by atoms with E-state index < -0.39 is 0 Å². The zero-order valence-electron chi connectivity index (χ0n) is 15.4. The summed E-state index contributed by atoms with van der Waals surface area (Å²) in [7, 11) is 0. The van der Waals surface area contributed by atoms with E-state index in [2.05, 4.69) is 10.2 Å². The second kappa shape index (κ2) is 9.06. The van der Waals surface area contributed by atoms with Crippen molar-refractivity contribution >= 4 is 23.2 Å². The average molecular weight is 390 g/mol. The van der Waals surface area contributed by atoms with Crippen LogP contribution in [0.3, 0.4) is 0 Å². The first-order valence-corrected chi connectivity index (χ1v) is 9.54. The fraction of sp³-hybridized carbons (Fsp3) is 0.400. The molecule has 27 heavy (non-hydrogen) atoms. The molecular formula is C20H24ClN3O3. The summed E-state index contributed by atoms with van der Waals surface area (Å²) < 4.78 is 6.80. The summed E-state index contributed by atoms with van der Waals surface area (Å²) in [5.41, 5.74) is 1.44. The predicted octanol–water partition coefficient (Wildman–Crippen LogP) is 2.55. The highest BCUT2D eigenvalue weighted by Crippen LogP contribution is 2.22. The van der Waals surface area contributed by atoms with E-state index in [0.29, 0.717) is 30.3 Å². The van der Waals surface area contributed by atoms with Crippen LogP contribution in [0.2, 0.25) is 5.02 Å². The van der Waals surface area contributed by atoms with Crippen LogP contribution in [0, 0.1) is 0 Å². The summed E-state index contributed by atoms with van der Waals surface area (Å²) in [4.78, 5) is 26.7. The molecule has 6 nitrogen and oxygen atoms in total. The number of nitrogens with zero attached hydrogens (tertiary/aromatic N) is 2. The van der Waals surface area contributed by atoms with Gasteiger partial charge < -0.3 is 19.5 Å². The van der Waals surface area contributed by atoms with Gasteiger partial charge in [0.05, 0.1) is 12.2 Å². The zero-order valence-corrected chi connectivity index (χ0v) is 16.1. The Hall–Kier alpha value is -2.31. The Labute approximate surface area is 163 Å². The lowest BCUT2D eigenvalue weighted by atomic mass is 10.2. The number of hydrogen-bond donors (Lipinski definition) is 1. The van der Waals surface area contributed by atoms with Crippen LogP contribution in [-0.4, -0.2) is 42.8 Å². The lowest BCUT2D eigenvalue weighted by Crippen LogP contribution is -2.37. The number of anilines is 1. The number of amides is 1. The van der Waals surface area contributed by atoms with Crippen LogP contribution >= 0.6 is 11.6 Å². The molecule has 0 aliphatic carbocycles. The second-order valence-electron chi connectivity index (χ2n) is 6.53. The third kappa shape index (κ3) is 5.11. The van der Waals surface area contributed by atoms with E-state index in [4.69, 9.17) is 16.3 Å². The van der Waals surface area contributed by atoms with Gasteiger partial charge in [0.15, 0.2) is 0 Å². The van der Waals surface area contributed by atoms with E-state index in [1.807, 2.05) is 31.2 Å². The van der Waals surface area contributed by atoms with E-state index in [9.17, 15) is 9.59 Å². The first-order chi connectivity index (χ1) is 13.1. The molecule has 0 spiro atoms. The topological polar surface area (TPSA) is 63.6 Å². The second-order valence-corrected chi connectivity index (χ2v) is 6.96. The third-order valence-corrected chi connectivity index (χ3v) is 4.89. The molecule has 2 aromatic rings. The molecule has 144 valence electrons. The van der Waals surface area contributed by atoms with Gasteiger partial charge in [0.1, 0.15) is 0 Å². The Morgan fingerprint density at radius 2 is 2.04 bits per heavy atom. The molecule has 1 atom stereocenters. The van der Waals surface area contributed by atoms with Crippen LogP contribution in [-0.2, 0) is 11.3 Å². The van der Waals surface area contributed by atoms with E-state index in [0.717, 1.165) is 25.2 Å². The van der Waals surface area contributed by atoms with Gasteiger partial charge in [0.25, 0.3) is 11.5 Å². The molecule has 2 heterocycles. The monoisotopic (exact) mass is 389 g/mol. The largest absolute Gasteiger partial charge is 0.380 e. The van der Waals surface area contributed by atoms with E-state index in [-0.39, 0.29) is 17.5 Å². The molecule has 0 bridgehead atoms. The molecule has 3 rings (SSSR count). The number of nitrogens with one attached hydrogen (secondary N) is 1. The van der Waals surface area contributed by atoms with Crippen LogP contribution in [0.1, 0.15) is 23.7 Å². The number of halogens is 1. The number of benzene rings is 1. The van der Waals surface area contributed by atoms with Gasteiger partial charge in [0.2, 0.25) is 0 Å². The fourth-order valence-electron chi connectivity index (χ4n) is 3.18. The summed E-state index contributed by atoms with van der Waals surface area (Å²) in [6.45, 7) is 5.00. The third-order valence-electron chi connectivity index (χ3n) is 4.64. The summed E-state index contributed by atoms with van der Waals surface area (Å²) in [5, 5.41) is 3.78. The van der Waals surface area contributed by atoms with Gasteiger partial charge in [-0.05, 0) is 43.7 Å². The molecule has 0 saturated carbocycles. The van der Waals surface area contributed by atoms with E-state index in [1.54, 1.807) is 12.3 Å². The van der Waals surface area contributed by atoms with Gasteiger partial charge in [-0.2, -0.15) is 0 Å².